The molecule has 1 N–H and O–H groups in total. The van der Waals surface area contributed by atoms with Crippen molar-refractivity contribution in [1.82, 2.24) is 0 Å². The van der Waals surface area contributed by atoms with Gasteiger partial charge in [0.15, 0.2) is 6.61 Å². The number of aryl methyl sites for hydroxylation is 1. The molecule has 1 amide bonds. The van der Waals surface area contributed by atoms with Crippen LogP contribution >= 0.6 is 0 Å². The third-order valence-electron chi connectivity index (χ3n) is 4.57. The van der Waals surface area contributed by atoms with Gasteiger partial charge in [-0.2, -0.15) is 0 Å². The van der Waals surface area contributed by atoms with Crippen LogP contribution in [0.25, 0.3) is 0 Å². The molecule has 0 spiro atoms. The fourth-order valence-electron chi connectivity index (χ4n) is 2.96. The van der Waals surface area contributed by atoms with E-state index in [0.29, 0.717) is 5.56 Å². The fraction of sp³-hybridized carbons (Fsp3) is 0.391. The standard InChI is InChI=1S/C23H29NO3/c1-6-17-10-12-18(13-11-17)23(26)27-14-21(25)24-22-19(15(2)3)8-7-9-20(22)16(4)5/h7-13,15-16H,6,14H2,1-5H3,(H,24,25). The van der Waals surface area contributed by atoms with E-state index in [1.807, 2.05) is 30.3 Å². The summed E-state index contributed by atoms with van der Waals surface area (Å²) in [4.78, 5) is 24.6. The normalized spacial score (nSPS) is 10.9. The summed E-state index contributed by atoms with van der Waals surface area (Å²) in [7, 11) is 0. The van der Waals surface area contributed by atoms with Gasteiger partial charge in [-0.25, -0.2) is 4.79 Å². The van der Waals surface area contributed by atoms with Crippen molar-refractivity contribution in [3.8, 4) is 0 Å². The molecule has 0 atom stereocenters. The lowest BCUT2D eigenvalue weighted by atomic mass is 9.92. The Hall–Kier alpha value is -2.62. The van der Waals surface area contributed by atoms with E-state index in [0.717, 1.165) is 28.8 Å². The molecule has 0 saturated heterocycles. The number of nitrogens with one attached hydrogen (secondary N) is 1. The number of para-hydroxylation sites is 1. The first-order valence-electron chi connectivity index (χ1n) is 9.52. The van der Waals surface area contributed by atoms with E-state index in [4.69, 9.17) is 4.74 Å². The molecule has 0 aliphatic rings. The van der Waals surface area contributed by atoms with Crippen molar-refractivity contribution in [1.29, 1.82) is 0 Å². The van der Waals surface area contributed by atoms with E-state index in [1.165, 1.54) is 0 Å². The maximum Gasteiger partial charge on any atom is 0.338 e. The highest BCUT2D eigenvalue weighted by Crippen LogP contribution is 2.32. The number of carbonyl (C=O) groups excluding carboxylic acids is 2. The van der Waals surface area contributed by atoms with E-state index in [-0.39, 0.29) is 24.3 Å². The second-order valence-corrected chi connectivity index (χ2v) is 7.30. The topological polar surface area (TPSA) is 55.4 Å². The zero-order valence-corrected chi connectivity index (χ0v) is 16.8. The highest BCUT2D eigenvalue weighted by molar-refractivity contribution is 5.96. The van der Waals surface area contributed by atoms with Crippen molar-refractivity contribution in [2.24, 2.45) is 0 Å². The summed E-state index contributed by atoms with van der Waals surface area (Å²) in [6, 6.07) is 13.3. The summed E-state index contributed by atoms with van der Waals surface area (Å²) < 4.78 is 5.19. The molecule has 2 rings (SSSR count). The summed E-state index contributed by atoms with van der Waals surface area (Å²) in [6.45, 7) is 10.1. The minimum atomic E-state index is -0.492. The fourth-order valence-corrected chi connectivity index (χ4v) is 2.96. The van der Waals surface area contributed by atoms with Crippen LogP contribution in [-0.4, -0.2) is 18.5 Å². The summed E-state index contributed by atoms with van der Waals surface area (Å²) >= 11 is 0. The van der Waals surface area contributed by atoms with Gasteiger partial charge in [-0.1, -0.05) is 65.0 Å². The minimum Gasteiger partial charge on any atom is -0.452 e. The molecule has 0 aromatic heterocycles. The van der Waals surface area contributed by atoms with Crippen LogP contribution in [0.3, 0.4) is 0 Å². The molecule has 4 nitrogen and oxygen atoms in total. The second-order valence-electron chi connectivity index (χ2n) is 7.30. The highest BCUT2D eigenvalue weighted by atomic mass is 16.5. The van der Waals surface area contributed by atoms with Crippen LogP contribution in [0.5, 0.6) is 0 Å². The molecule has 144 valence electrons. The average molecular weight is 367 g/mol. The Morgan fingerprint density at radius 3 is 1.96 bits per heavy atom. The van der Waals surface area contributed by atoms with Gasteiger partial charge in [-0.05, 0) is 47.1 Å². The molecule has 0 fully saturated rings. The predicted molar refractivity (Wildman–Crippen MR) is 109 cm³/mol. The molecule has 0 heterocycles. The first-order valence-corrected chi connectivity index (χ1v) is 9.52. The monoisotopic (exact) mass is 367 g/mol. The first-order chi connectivity index (χ1) is 12.8. The van der Waals surface area contributed by atoms with Crippen molar-refractivity contribution in [2.75, 3.05) is 11.9 Å². The van der Waals surface area contributed by atoms with E-state index < -0.39 is 5.97 Å². The maximum atomic E-state index is 12.4. The van der Waals surface area contributed by atoms with Gasteiger partial charge in [-0.15, -0.1) is 0 Å². The molecule has 4 heteroatoms. The third kappa shape index (κ3) is 5.43. The average Bonchev–Trinajstić information content (AvgIpc) is 2.65. The molecule has 0 radical (unpaired) electrons. The van der Waals surface area contributed by atoms with E-state index in [2.05, 4.69) is 39.9 Å². The molecule has 2 aromatic rings. The second kappa shape index (κ2) is 9.36. The summed E-state index contributed by atoms with van der Waals surface area (Å²) in [5, 5.41) is 2.95. The van der Waals surface area contributed by atoms with Gasteiger partial charge in [-0.3, -0.25) is 4.79 Å². The van der Waals surface area contributed by atoms with Gasteiger partial charge in [0.1, 0.15) is 0 Å². The molecule has 0 bridgehead atoms. The zero-order valence-electron chi connectivity index (χ0n) is 16.8. The number of anilines is 1. The van der Waals surface area contributed by atoms with E-state index in [9.17, 15) is 9.59 Å². The van der Waals surface area contributed by atoms with Crippen LogP contribution in [0.1, 0.15) is 73.5 Å². The highest BCUT2D eigenvalue weighted by Gasteiger charge is 2.17. The van der Waals surface area contributed by atoms with Gasteiger partial charge in [0.05, 0.1) is 5.56 Å². The molecule has 0 saturated carbocycles. The Balaban J connectivity index is 2.06. The molecular weight excluding hydrogens is 338 g/mol. The van der Waals surface area contributed by atoms with Crippen LogP contribution in [0.15, 0.2) is 42.5 Å². The minimum absolute atomic E-state index is 0.277. The molecule has 0 aliphatic carbocycles. The van der Waals surface area contributed by atoms with Gasteiger partial charge in [0.2, 0.25) is 0 Å². The number of hydrogen-bond acceptors (Lipinski definition) is 3. The van der Waals surface area contributed by atoms with E-state index in [1.54, 1.807) is 12.1 Å². The van der Waals surface area contributed by atoms with Crippen LogP contribution in [0.2, 0.25) is 0 Å². The Bertz CT molecular complexity index is 766. The molecular formula is C23H29NO3. The number of ether oxygens (including phenoxy) is 1. The number of rotatable bonds is 7. The molecule has 0 unspecified atom stereocenters. The Labute approximate surface area is 161 Å². The van der Waals surface area contributed by atoms with Crippen LogP contribution in [0.4, 0.5) is 5.69 Å². The van der Waals surface area contributed by atoms with Crippen LogP contribution in [-0.2, 0) is 16.0 Å². The predicted octanol–water partition coefficient (Wildman–Crippen LogP) is 5.29. The smallest absolute Gasteiger partial charge is 0.338 e. The number of esters is 1. The number of amides is 1. The van der Waals surface area contributed by atoms with Gasteiger partial charge in [0.25, 0.3) is 5.91 Å². The van der Waals surface area contributed by atoms with Gasteiger partial charge < -0.3 is 10.1 Å². The first kappa shape index (κ1) is 20.7. The lowest BCUT2D eigenvalue weighted by Gasteiger charge is -2.20. The number of hydrogen-bond donors (Lipinski definition) is 1. The van der Waals surface area contributed by atoms with Crippen molar-refractivity contribution < 1.29 is 14.3 Å². The van der Waals surface area contributed by atoms with Crippen molar-refractivity contribution in [3.05, 3.63) is 64.7 Å². The summed E-state index contributed by atoms with van der Waals surface area (Å²) in [5.74, 6) is -0.269. The van der Waals surface area contributed by atoms with E-state index >= 15 is 0 Å². The SMILES string of the molecule is CCc1ccc(C(=O)OCC(=O)Nc2c(C(C)C)cccc2C(C)C)cc1. The Morgan fingerprint density at radius 1 is 0.926 bits per heavy atom. The van der Waals surface area contributed by atoms with Gasteiger partial charge >= 0.3 is 5.97 Å². The van der Waals surface area contributed by atoms with Gasteiger partial charge in [0, 0.05) is 5.69 Å². The quantitative estimate of drug-likeness (QED) is 0.676. The van der Waals surface area contributed by atoms with Crippen LogP contribution < -0.4 is 5.32 Å². The van der Waals surface area contributed by atoms with Crippen molar-refractivity contribution in [3.63, 3.8) is 0 Å². The number of carbonyl (C=O) groups is 2. The molecule has 2 aromatic carbocycles. The van der Waals surface area contributed by atoms with Crippen molar-refractivity contribution >= 4 is 17.6 Å². The Kier molecular flexibility index (Phi) is 7.17. The maximum absolute atomic E-state index is 12.4. The Morgan fingerprint density at radius 2 is 1.48 bits per heavy atom. The number of benzene rings is 2. The lowest BCUT2D eigenvalue weighted by molar-refractivity contribution is -0.119. The largest absolute Gasteiger partial charge is 0.452 e. The zero-order chi connectivity index (χ0) is 20.0. The summed E-state index contributed by atoms with van der Waals surface area (Å²) in [6.07, 6.45) is 0.908. The summed E-state index contributed by atoms with van der Waals surface area (Å²) in [5.41, 5.74) is 4.59. The molecule has 0 aliphatic heterocycles. The van der Waals surface area contributed by atoms with Crippen LogP contribution in [0, 0.1) is 0 Å². The van der Waals surface area contributed by atoms with Crippen molar-refractivity contribution in [2.45, 2.75) is 52.9 Å². The lowest BCUT2D eigenvalue weighted by Crippen LogP contribution is -2.22. The molecule has 27 heavy (non-hydrogen) atoms. The third-order valence-corrected chi connectivity index (χ3v) is 4.57.